The third kappa shape index (κ3) is 2.68. The van der Waals surface area contributed by atoms with Crippen LogP contribution in [0.25, 0.3) is 0 Å². The number of ether oxygens (including phenoxy) is 1. The number of halogens is 1. The van der Waals surface area contributed by atoms with Crippen molar-refractivity contribution in [3.63, 3.8) is 0 Å². The number of thiazole rings is 1. The molecule has 6 heteroatoms. The van der Waals surface area contributed by atoms with E-state index in [2.05, 4.69) is 10.3 Å². The van der Waals surface area contributed by atoms with Gasteiger partial charge in [-0.3, -0.25) is 4.79 Å². The molecule has 1 aromatic heterocycles. The average Bonchev–Trinajstić information content (AvgIpc) is 2.68. The van der Waals surface area contributed by atoms with Gasteiger partial charge in [0.15, 0.2) is 0 Å². The van der Waals surface area contributed by atoms with Gasteiger partial charge in [0.25, 0.3) is 0 Å². The maximum atomic E-state index is 10.9. The van der Waals surface area contributed by atoms with Crippen LogP contribution in [0.1, 0.15) is 15.6 Å². The van der Waals surface area contributed by atoms with Crippen LogP contribution >= 0.6 is 22.9 Å². The molecule has 0 bridgehead atoms. The molecule has 0 atom stereocenters. The third-order valence-corrected chi connectivity index (χ3v) is 3.41. The molecule has 0 fully saturated rings. The van der Waals surface area contributed by atoms with E-state index in [1.807, 2.05) is 0 Å². The Balaban J connectivity index is 1.97. The first-order valence-electron chi connectivity index (χ1n) is 4.67. The van der Waals surface area contributed by atoms with Gasteiger partial charge in [-0.2, -0.15) is 0 Å². The van der Waals surface area contributed by atoms with Crippen LogP contribution < -0.4 is 5.32 Å². The highest BCUT2D eigenvalue weighted by Gasteiger charge is 2.15. The monoisotopic (exact) mass is 246 g/mol. The summed E-state index contributed by atoms with van der Waals surface area (Å²) in [6, 6.07) is 0. The van der Waals surface area contributed by atoms with E-state index in [0.717, 1.165) is 23.7 Å². The van der Waals surface area contributed by atoms with Crippen molar-refractivity contribution < 1.29 is 9.53 Å². The first-order valence-corrected chi connectivity index (χ1v) is 6.02. The van der Waals surface area contributed by atoms with Crippen molar-refractivity contribution in [1.82, 2.24) is 10.3 Å². The van der Waals surface area contributed by atoms with Crippen LogP contribution in [-0.2, 0) is 29.1 Å². The number of hydrogen-bond donors (Lipinski definition) is 1. The minimum Gasteiger partial charge on any atom is -0.375 e. The van der Waals surface area contributed by atoms with Crippen LogP contribution in [0.4, 0.5) is 0 Å². The summed E-state index contributed by atoms with van der Waals surface area (Å²) < 4.78 is 5.32. The molecule has 0 unspecified atom stereocenters. The van der Waals surface area contributed by atoms with E-state index in [9.17, 15) is 4.79 Å². The molecule has 2 heterocycles. The molecule has 1 aliphatic heterocycles. The molecule has 0 aromatic carbocycles. The predicted molar refractivity (Wildman–Crippen MR) is 58.0 cm³/mol. The maximum absolute atomic E-state index is 10.9. The van der Waals surface area contributed by atoms with Crippen LogP contribution in [0, 0.1) is 0 Å². The van der Waals surface area contributed by atoms with Gasteiger partial charge in [0.2, 0.25) is 5.91 Å². The van der Waals surface area contributed by atoms with Crippen LogP contribution in [0.5, 0.6) is 0 Å². The van der Waals surface area contributed by atoms with Gasteiger partial charge in [0, 0.05) is 6.42 Å². The Hall–Kier alpha value is -0.650. The fourth-order valence-corrected chi connectivity index (χ4v) is 2.46. The summed E-state index contributed by atoms with van der Waals surface area (Å²) >= 11 is 6.96. The number of alkyl halides is 1. The second-order valence-corrected chi connectivity index (χ2v) is 4.63. The van der Waals surface area contributed by atoms with Crippen molar-refractivity contribution in [1.29, 1.82) is 0 Å². The molecule has 4 nitrogen and oxygen atoms in total. The highest BCUT2D eigenvalue weighted by Crippen LogP contribution is 2.23. The topological polar surface area (TPSA) is 51.2 Å². The van der Waals surface area contributed by atoms with Crippen molar-refractivity contribution in [2.24, 2.45) is 0 Å². The zero-order chi connectivity index (χ0) is 10.7. The lowest BCUT2D eigenvalue weighted by molar-refractivity contribution is -0.118. The minimum atomic E-state index is -0.166. The fraction of sp³-hybridized carbons (Fsp3) is 0.556. The van der Waals surface area contributed by atoms with Crippen LogP contribution in [-0.4, -0.2) is 23.4 Å². The Morgan fingerprint density at radius 1 is 1.67 bits per heavy atom. The second-order valence-electron chi connectivity index (χ2n) is 3.19. The van der Waals surface area contributed by atoms with Crippen LogP contribution in [0.3, 0.4) is 0 Å². The lowest BCUT2D eigenvalue weighted by Gasteiger charge is -2.08. The van der Waals surface area contributed by atoms with Crippen LogP contribution in [0.15, 0.2) is 0 Å². The Labute approximate surface area is 96.6 Å². The lowest BCUT2D eigenvalue weighted by atomic mass is 10.2. The number of nitrogens with one attached hydrogen (secondary N) is 1. The summed E-state index contributed by atoms with van der Waals surface area (Å²) in [6.07, 6.45) is 0.870. The first kappa shape index (κ1) is 10.9. The summed E-state index contributed by atoms with van der Waals surface area (Å²) in [4.78, 5) is 16.6. The molecule has 0 aliphatic carbocycles. The Morgan fingerprint density at radius 3 is 3.27 bits per heavy atom. The highest BCUT2D eigenvalue weighted by atomic mass is 35.5. The van der Waals surface area contributed by atoms with E-state index in [-0.39, 0.29) is 11.8 Å². The smallest absolute Gasteiger partial charge is 0.235 e. The predicted octanol–water partition coefficient (Wildman–Crippen LogP) is 1.07. The van der Waals surface area contributed by atoms with Gasteiger partial charge in [0.05, 0.1) is 30.3 Å². The van der Waals surface area contributed by atoms with E-state index >= 15 is 0 Å². The number of carbonyl (C=O) groups is 1. The summed E-state index contributed by atoms with van der Waals surface area (Å²) in [5.41, 5.74) is 1.11. The van der Waals surface area contributed by atoms with E-state index in [4.69, 9.17) is 16.3 Å². The van der Waals surface area contributed by atoms with Gasteiger partial charge in [-0.05, 0) is 0 Å². The number of fused-ring (bicyclic) bond motifs is 1. The zero-order valence-corrected chi connectivity index (χ0v) is 9.66. The van der Waals surface area contributed by atoms with Crippen molar-refractivity contribution in [2.45, 2.75) is 19.6 Å². The van der Waals surface area contributed by atoms with Crippen molar-refractivity contribution >= 4 is 28.8 Å². The van der Waals surface area contributed by atoms with Gasteiger partial charge < -0.3 is 10.1 Å². The molecule has 1 aliphatic rings. The van der Waals surface area contributed by atoms with E-state index in [1.165, 1.54) is 4.88 Å². The molecule has 82 valence electrons. The quantitative estimate of drug-likeness (QED) is 0.812. The average molecular weight is 247 g/mol. The van der Waals surface area contributed by atoms with E-state index in [0.29, 0.717) is 13.2 Å². The largest absolute Gasteiger partial charge is 0.375 e. The standard InChI is InChI=1S/C9H11ClN2O2S/c10-3-8(13)11-4-9-12-6-1-2-14-5-7(6)15-9/h1-5H2,(H,11,13). The normalized spacial score (nSPS) is 14.7. The third-order valence-electron chi connectivity index (χ3n) is 2.10. The Kier molecular flexibility index (Phi) is 3.56. The van der Waals surface area contributed by atoms with Gasteiger partial charge >= 0.3 is 0 Å². The summed E-state index contributed by atoms with van der Waals surface area (Å²) in [6.45, 7) is 1.85. The van der Waals surface area contributed by atoms with E-state index in [1.54, 1.807) is 11.3 Å². The van der Waals surface area contributed by atoms with Crippen molar-refractivity contribution in [2.75, 3.05) is 12.5 Å². The molecule has 2 rings (SSSR count). The number of amides is 1. The molecule has 0 radical (unpaired) electrons. The number of aromatic nitrogens is 1. The molecule has 1 aromatic rings. The summed E-state index contributed by atoms with van der Waals surface area (Å²) in [5, 5.41) is 3.61. The molecular formula is C9H11ClN2O2S. The summed E-state index contributed by atoms with van der Waals surface area (Å²) in [5.74, 6) is -0.171. The van der Waals surface area contributed by atoms with Gasteiger partial charge in [-0.15, -0.1) is 22.9 Å². The molecule has 1 N–H and O–H groups in total. The molecule has 0 saturated heterocycles. The molecule has 0 spiro atoms. The van der Waals surface area contributed by atoms with Crippen molar-refractivity contribution in [3.8, 4) is 0 Å². The van der Waals surface area contributed by atoms with Gasteiger partial charge in [0.1, 0.15) is 10.9 Å². The highest BCUT2D eigenvalue weighted by molar-refractivity contribution is 7.11. The van der Waals surface area contributed by atoms with Gasteiger partial charge in [-0.25, -0.2) is 4.98 Å². The first-order chi connectivity index (χ1) is 7.29. The minimum absolute atomic E-state index is 0.00575. The van der Waals surface area contributed by atoms with Crippen molar-refractivity contribution in [3.05, 3.63) is 15.6 Å². The lowest BCUT2D eigenvalue weighted by Crippen LogP contribution is -2.23. The number of rotatable bonds is 3. The number of nitrogens with zero attached hydrogens (tertiary/aromatic N) is 1. The molecule has 15 heavy (non-hydrogen) atoms. The van der Waals surface area contributed by atoms with Gasteiger partial charge in [-0.1, -0.05) is 0 Å². The van der Waals surface area contributed by atoms with Crippen LogP contribution in [0.2, 0.25) is 0 Å². The van der Waals surface area contributed by atoms with E-state index < -0.39 is 0 Å². The zero-order valence-electron chi connectivity index (χ0n) is 8.09. The Morgan fingerprint density at radius 2 is 2.53 bits per heavy atom. The number of hydrogen-bond acceptors (Lipinski definition) is 4. The number of carbonyl (C=O) groups excluding carboxylic acids is 1. The second kappa shape index (κ2) is 4.92. The summed E-state index contributed by atoms with van der Waals surface area (Å²) in [7, 11) is 0. The molecular weight excluding hydrogens is 236 g/mol. The fourth-order valence-electron chi connectivity index (χ4n) is 1.38. The molecule has 1 amide bonds. The maximum Gasteiger partial charge on any atom is 0.235 e. The molecule has 0 saturated carbocycles. The Bertz CT molecular complexity index is 343. The SMILES string of the molecule is O=C(CCl)NCc1nc2c(s1)COCC2.